The number of nitrogens with one attached hydrogen (secondary N) is 1. The van der Waals surface area contributed by atoms with Crippen molar-refractivity contribution in [3.05, 3.63) is 35.1 Å². The van der Waals surface area contributed by atoms with Crippen molar-refractivity contribution in [2.75, 3.05) is 6.54 Å². The highest BCUT2D eigenvalue weighted by Gasteiger charge is 2.15. The summed E-state index contributed by atoms with van der Waals surface area (Å²) in [6, 6.07) is 5.10. The van der Waals surface area contributed by atoms with Gasteiger partial charge in [-0.05, 0) is 39.3 Å². The van der Waals surface area contributed by atoms with Crippen molar-refractivity contribution in [1.29, 1.82) is 0 Å². The lowest BCUT2D eigenvalue weighted by molar-refractivity contribution is 0.0529. The van der Waals surface area contributed by atoms with Crippen LogP contribution < -0.4 is 5.32 Å². The molecule has 0 aliphatic rings. The van der Waals surface area contributed by atoms with Gasteiger partial charge in [-0.1, -0.05) is 24.0 Å². The van der Waals surface area contributed by atoms with Crippen molar-refractivity contribution in [2.45, 2.75) is 39.7 Å². The molecule has 0 unspecified atom stereocenters. The van der Waals surface area contributed by atoms with Crippen molar-refractivity contribution in [2.24, 2.45) is 0 Å². The van der Waals surface area contributed by atoms with Crippen molar-refractivity contribution in [1.82, 2.24) is 5.32 Å². The highest BCUT2D eigenvalue weighted by Crippen LogP contribution is 2.10. The molecule has 108 valence electrons. The average Bonchev–Trinajstić information content (AvgIpc) is 2.31. The predicted molar refractivity (Wildman–Crippen MR) is 76.9 cm³/mol. The van der Waals surface area contributed by atoms with Gasteiger partial charge in [0.05, 0.1) is 5.56 Å². The summed E-state index contributed by atoms with van der Waals surface area (Å²) in [7, 11) is 0. The average molecular weight is 277 g/mol. The smallest absolute Gasteiger partial charge is 0.407 e. The molecule has 0 spiro atoms. The highest BCUT2D eigenvalue weighted by atomic mass is 19.1. The molecule has 0 saturated heterocycles. The summed E-state index contributed by atoms with van der Waals surface area (Å²) in [6.45, 7) is 7.46. The van der Waals surface area contributed by atoms with Crippen LogP contribution in [0.4, 0.5) is 9.18 Å². The summed E-state index contributed by atoms with van der Waals surface area (Å²) in [5.74, 6) is 5.29. The Kier molecular flexibility index (Phi) is 5.57. The molecule has 0 fully saturated rings. The minimum Gasteiger partial charge on any atom is -0.444 e. The molecule has 3 nitrogen and oxygen atoms in total. The fraction of sp³-hybridized carbons (Fsp3) is 0.438. The monoisotopic (exact) mass is 277 g/mol. The van der Waals surface area contributed by atoms with Gasteiger partial charge >= 0.3 is 6.09 Å². The van der Waals surface area contributed by atoms with Gasteiger partial charge in [0.2, 0.25) is 0 Å². The third-order valence-corrected chi connectivity index (χ3v) is 2.33. The Morgan fingerprint density at radius 3 is 2.75 bits per heavy atom. The molecule has 1 aromatic rings. The van der Waals surface area contributed by atoms with E-state index >= 15 is 0 Å². The number of rotatable bonds is 2. The fourth-order valence-electron chi connectivity index (χ4n) is 1.44. The molecule has 1 N–H and O–H groups in total. The molecule has 4 heteroatoms. The van der Waals surface area contributed by atoms with Gasteiger partial charge in [0.1, 0.15) is 11.4 Å². The normalized spacial score (nSPS) is 10.4. The summed E-state index contributed by atoms with van der Waals surface area (Å²) in [5.41, 5.74) is 0.437. The van der Waals surface area contributed by atoms with Crippen molar-refractivity contribution in [3.8, 4) is 11.8 Å². The first-order chi connectivity index (χ1) is 9.29. The lowest BCUT2D eigenvalue weighted by Crippen LogP contribution is -2.32. The van der Waals surface area contributed by atoms with Crippen LogP contribution in [0.2, 0.25) is 0 Å². The van der Waals surface area contributed by atoms with Crippen LogP contribution in [0.15, 0.2) is 18.2 Å². The minimum atomic E-state index is -0.513. The maximum atomic E-state index is 13.6. The number of ether oxygens (including phenoxy) is 1. The van der Waals surface area contributed by atoms with Crippen LogP contribution in [0, 0.1) is 24.6 Å². The Bertz CT molecular complexity index is 536. The zero-order chi connectivity index (χ0) is 15.2. The van der Waals surface area contributed by atoms with Crippen LogP contribution in [0.3, 0.4) is 0 Å². The fourth-order valence-corrected chi connectivity index (χ4v) is 1.44. The van der Waals surface area contributed by atoms with E-state index in [4.69, 9.17) is 4.74 Å². The highest BCUT2D eigenvalue weighted by molar-refractivity contribution is 5.67. The van der Waals surface area contributed by atoms with E-state index in [1.54, 1.807) is 45.9 Å². The van der Waals surface area contributed by atoms with Crippen LogP contribution in [0.5, 0.6) is 0 Å². The summed E-state index contributed by atoms with van der Waals surface area (Å²) in [6.07, 6.45) is -0.0341. The van der Waals surface area contributed by atoms with Gasteiger partial charge in [-0.25, -0.2) is 9.18 Å². The number of amides is 1. The first-order valence-corrected chi connectivity index (χ1v) is 6.50. The van der Waals surface area contributed by atoms with E-state index in [1.165, 1.54) is 0 Å². The third kappa shape index (κ3) is 5.75. The SMILES string of the molecule is Cc1cccc(C#CCCNC(=O)OC(C)(C)C)c1F. The molecule has 0 aromatic heterocycles. The molecule has 1 amide bonds. The Labute approximate surface area is 119 Å². The number of benzene rings is 1. The van der Waals surface area contributed by atoms with Gasteiger partial charge in [-0.2, -0.15) is 0 Å². The number of alkyl carbamates (subject to hydrolysis) is 1. The summed E-state index contributed by atoms with van der Waals surface area (Å²) >= 11 is 0. The topological polar surface area (TPSA) is 38.3 Å². The van der Waals surface area contributed by atoms with Gasteiger partial charge in [0.15, 0.2) is 0 Å². The molecular weight excluding hydrogens is 257 g/mol. The number of carbonyl (C=O) groups is 1. The first-order valence-electron chi connectivity index (χ1n) is 6.50. The molecule has 0 heterocycles. The van der Waals surface area contributed by atoms with Gasteiger partial charge in [0, 0.05) is 13.0 Å². The van der Waals surface area contributed by atoms with Crippen LogP contribution in [0.1, 0.15) is 38.3 Å². The van der Waals surface area contributed by atoms with E-state index in [1.807, 2.05) is 0 Å². The standard InChI is InChI=1S/C16H20FNO2/c1-12-8-7-10-13(14(12)17)9-5-6-11-18-15(19)20-16(2,3)4/h7-8,10H,6,11H2,1-4H3,(H,18,19). The largest absolute Gasteiger partial charge is 0.444 e. The summed E-state index contributed by atoms with van der Waals surface area (Å²) < 4.78 is 18.7. The maximum absolute atomic E-state index is 13.6. The second-order valence-corrected chi connectivity index (χ2v) is 5.42. The van der Waals surface area contributed by atoms with Gasteiger partial charge < -0.3 is 10.1 Å². The quantitative estimate of drug-likeness (QED) is 0.664. The van der Waals surface area contributed by atoms with E-state index in [9.17, 15) is 9.18 Å². The molecule has 0 radical (unpaired) electrons. The second kappa shape index (κ2) is 6.95. The lowest BCUT2D eigenvalue weighted by Gasteiger charge is -2.19. The molecule has 0 aliphatic heterocycles. The van der Waals surface area contributed by atoms with Gasteiger partial charge in [0.25, 0.3) is 0 Å². The van der Waals surface area contributed by atoms with E-state index in [0.717, 1.165) is 0 Å². The Morgan fingerprint density at radius 2 is 2.10 bits per heavy atom. The van der Waals surface area contributed by atoms with E-state index in [0.29, 0.717) is 24.1 Å². The van der Waals surface area contributed by atoms with Crippen LogP contribution in [0.25, 0.3) is 0 Å². The second-order valence-electron chi connectivity index (χ2n) is 5.42. The predicted octanol–water partition coefficient (Wildman–Crippen LogP) is 3.40. The van der Waals surface area contributed by atoms with Crippen LogP contribution >= 0.6 is 0 Å². The Hall–Kier alpha value is -2.02. The lowest BCUT2D eigenvalue weighted by atomic mass is 10.1. The molecule has 20 heavy (non-hydrogen) atoms. The number of carbonyl (C=O) groups excluding carboxylic acids is 1. The van der Waals surface area contributed by atoms with Gasteiger partial charge in [-0.3, -0.25) is 0 Å². The van der Waals surface area contributed by atoms with E-state index < -0.39 is 11.7 Å². The zero-order valence-corrected chi connectivity index (χ0v) is 12.3. The van der Waals surface area contributed by atoms with Crippen LogP contribution in [-0.2, 0) is 4.74 Å². The molecule has 0 atom stereocenters. The van der Waals surface area contributed by atoms with Crippen LogP contribution in [-0.4, -0.2) is 18.2 Å². The number of halogens is 1. The van der Waals surface area contributed by atoms with Crippen molar-refractivity contribution < 1.29 is 13.9 Å². The molecular formula is C16H20FNO2. The molecule has 0 saturated carbocycles. The third-order valence-electron chi connectivity index (χ3n) is 2.33. The number of aryl methyl sites for hydroxylation is 1. The van der Waals surface area contributed by atoms with Crippen molar-refractivity contribution in [3.63, 3.8) is 0 Å². The molecule has 0 bridgehead atoms. The molecule has 0 aliphatic carbocycles. The summed E-state index contributed by atoms with van der Waals surface area (Å²) in [5, 5.41) is 2.59. The minimum absolute atomic E-state index is 0.292. The number of hydrogen-bond acceptors (Lipinski definition) is 2. The Balaban J connectivity index is 2.41. The first kappa shape index (κ1) is 16.0. The zero-order valence-electron chi connectivity index (χ0n) is 12.3. The van der Waals surface area contributed by atoms with E-state index in [2.05, 4.69) is 17.2 Å². The number of hydrogen-bond donors (Lipinski definition) is 1. The van der Waals surface area contributed by atoms with E-state index in [-0.39, 0.29) is 5.82 Å². The van der Waals surface area contributed by atoms with Gasteiger partial charge in [-0.15, -0.1) is 0 Å². The molecule has 1 rings (SSSR count). The van der Waals surface area contributed by atoms with Crippen molar-refractivity contribution >= 4 is 6.09 Å². The Morgan fingerprint density at radius 1 is 1.40 bits per heavy atom. The maximum Gasteiger partial charge on any atom is 0.407 e. The summed E-state index contributed by atoms with van der Waals surface area (Å²) in [4.78, 5) is 11.3. The molecule has 1 aromatic carbocycles.